The van der Waals surface area contributed by atoms with Crippen molar-refractivity contribution in [1.82, 2.24) is 0 Å². The van der Waals surface area contributed by atoms with Gasteiger partial charge >= 0.3 is 0 Å². The summed E-state index contributed by atoms with van der Waals surface area (Å²) in [4.78, 5) is 0. The van der Waals surface area contributed by atoms with Crippen molar-refractivity contribution in [3.63, 3.8) is 0 Å². The zero-order valence-corrected chi connectivity index (χ0v) is 4.65. The molecule has 1 nitrogen and oxygen atoms in total. The number of furan rings is 1. The fraction of sp³-hybridized carbons (Fsp3) is 0. The van der Waals surface area contributed by atoms with E-state index in [0.717, 1.165) is 0 Å². The molecule has 1 aromatic rings. The third-order valence-electron chi connectivity index (χ3n) is 0.924. The van der Waals surface area contributed by atoms with Crippen LogP contribution in [0.5, 0.6) is 0 Å². The van der Waals surface area contributed by atoms with E-state index in [1.165, 1.54) is 18.7 Å². The Morgan fingerprint density at radius 2 is 2.33 bits per heavy atom. The average Bonchev–Trinajstić information content (AvgIpc) is 2.18. The van der Waals surface area contributed by atoms with E-state index in [2.05, 4.69) is 17.3 Å². The molecule has 0 amide bonds. The maximum atomic E-state index is 11.3. The molecule has 0 saturated carbocycles. The van der Waals surface area contributed by atoms with Crippen LogP contribution in [0.15, 0.2) is 16.9 Å². The first-order valence-electron chi connectivity index (χ1n) is 2.34. The van der Waals surface area contributed by atoms with E-state index >= 15 is 0 Å². The lowest BCUT2D eigenvalue weighted by molar-refractivity contribution is 0.565. The van der Waals surface area contributed by atoms with E-state index in [9.17, 15) is 4.39 Å². The van der Waals surface area contributed by atoms with E-state index in [-0.39, 0.29) is 0 Å². The minimum Gasteiger partial charge on any atom is -0.471 e. The molecule has 0 N–H and O–H groups in total. The van der Waals surface area contributed by atoms with E-state index in [0.29, 0.717) is 11.1 Å². The highest BCUT2D eigenvalue weighted by Crippen LogP contribution is 2.05. The van der Waals surface area contributed by atoms with Crippen LogP contribution in [0, 0.1) is 19.0 Å². The van der Waals surface area contributed by atoms with Gasteiger partial charge in [0.15, 0.2) is 0 Å². The fourth-order valence-corrected chi connectivity index (χ4v) is 0.484. The van der Waals surface area contributed by atoms with Crippen LogP contribution in [-0.4, -0.2) is 0 Å². The predicted molar refractivity (Wildman–Crippen MR) is 31.2 cm³/mol. The molecule has 0 unspecified atom stereocenters. The van der Waals surface area contributed by atoms with Gasteiger partial charge in [0.2, 0.25) is 0 Å². The molecular formula is C7H4FO. The molecule has 0 aromatic carbocycles. The molecule has 0 fully saturated rings. The van der Waals surface area contributed by atoms with Gasteiger partial charge in [-0.3, -0.25) is 0 Å². The lowest BCUT2D eigenvalue weighted by Crippen LogP contribution is -1.68. The van der Waals surface area contributed by atoms with Crippen LogP contribution >= 0.6 is 0 Å². The Morgan fingerprint density at radius 3 is 2.78 bits per heavy atom. The normalized spacial score (nSPS) is 8.22. The highest BCUT2D eigenvalue weighted by atomic mass is 19.1. The molecule has 9 heavy (non-hydrogen) atoms. The topological polar surface area (TPSA) is 13.1 Å². The molecule has 0 aliphatic rings. The second-order valence-electron chi connectivity index (χ2n) is 1.53. The molecule has 0 bridgehead atoms. The zero-order valence-electron chi connectivity index (χ0n) is 4.65. The minimum atomic E-state index is 0.498. The van der Waals surface area contributed by atoms with E-state index in [1.54, 1.807) is 0 Å². The van der Waals surface area contributed by atoms with Gasteiger partial charge in [-0.1, -0.05) is 0 Å². The Balaban J connectivity index is 3.03. The van der Waals surface area contributed by atoms with Crippen molar-refractivity contribution in [3.8, 4) is 12.1 Å². The maximum Gasteiger partial charge on any atom is 0.111 e. The first-order chi connectivity index (χ1) is 4.34. The van der Waals surface area contributed by atoms with Gasteiger partial charge < -0.3 is 4.42 Å². The van der Waals surface area contributed by atoms with Gasteiger partial charge in [0.25, 0.3) is 0 Å². The van der Waals surface area contributed by atoms with Crippen molar-refractivity contribution < 1.29 is 8.81 Å². The predicted octanol–water partition coefficient (Wildman–Crippen LogP) is 1.74. The fourth-order valence-electron chi connectivity index (χ4n) is 0.484. The minimum absolute atomic E-state index is 0.498. The van der Waals surface area contributed by atoms with Crippen molar-refractivity contribution in [3.05, 3.63) is 30.6 Å². The summed E-state index contributed by atoms with van der Waals surface area (Å²) in [5.41, 5.74) is 1.11. The van der Waals surface area contributed by atoms with Crippen LogP contribution in [0.2, 0.25) is 0 Å². The summed E-state index contributed by atoms with van der Waals surface area (Å²) in [6.45, 7) is 3.54. The molecule has 1 radical (unpaired) electrons. The van der Waals surface area contributed by atoms with Gasteiger partial charge in [-0.25, -0.2) is 0 Å². The van der Waals surface area contributed by atoms with Gasteiger partial charge in [-0.2, -0.15) is 0 Å². The molecule has 1 rings (SSSR count). The van der Waals surface area contributed by atoms with E-state index in [4.69, 9.17) is 0 Å². The highest BCUT2D eigenvalue weighted by Gasteiger charge is 1.93. The summed E-state index contributed by atoms with van der Waals surface area (Å²) in [5.74, 6) is 2.18. The summed E-state index contributed by atoms with van der Waals surface area (Å²) in [7, 11) is 0. The summed E-state index contributed by atoms with van der Waals surface area (Å²) in [6, 6.07) is 0. The number of rotatable bonds is 0. The Kier molecular flexibility index (Phi) is 1.55. The van der Waals surface area contributed by atoms with Crippen molar-refractivity contribution >= 4 is 0 Å². The van der Waals surface area contributed by atoms with Crippen molar-refractivity contribution in [2.45, 2.75) is 0 Å². The molecule has 45 valence electrons. The lowest BCUT2D eigenvalue weighted by atomic mass is 10.2. The maximum absolute atomic E-state index is 11.3. The van der Waals surface area contributed by atoms with Crippen LogP contribution in [-0.2, 0) is 0 Å². The first kappa shape index (κ1) is 5.90. The van der Waals surface area contributed by atoms with Gasteiger partial charge in [-0.05, 0) is 12.8 Å². The third-order valence-corrected chi connectivity index (χ3v) is 0.924. The Labute approximate surface area is 52.5 Å². The van der Waals surface area contributed by atoms with Gasteiger partial charge in [0.05, 0.1) is 11.8 Å². The van der Waals surface area contributed by atoms with Crippen LogP contribution in [0.4, 0.5) is 4.39 Å². The van der Waals surface area contributed by atoms with Crippen molar-refractivity contribution in [2.75, 3.05) is 0 Å². The summed E-state index contributed by atoms with van der Waals surface area (Å²) in [5, 5.41) is 0. The average molecular weight is 123 g/mol. The molecule has 0 spiro atoms. The molecular weight excluding hydrogens is 119 g/mol. The van der Waals surface area contributed by atoms with Gasteiger partial charge in [0, 0.05) is 5.56 Å². The van der Waals surface area contributed by atoms with Crippen molar-refractivity contribution in [1.29, 1.82) is 0 Å². The van der Waals surface area contributed by atoms with Gasteiger partial charge in [0.1, 0.15) is 12.4 Å². The monoisotopic (exact) mass is 123 g/mol. The summed E-state index contributed by atoms with van der Waals surface area (Å²) < 4.78 is 16.0. The van der Waals surface area contributed by atoms with Crippen LogP contribution in [0.25, 0.3) is 0 Å². The van der Waals surface area contributed by atoms with Crippen LogP contribution in [0.1, 0.15) is 11.1 Å². The molecule has 0 aliphatic heterocycles. The molecule has 2 heteroatoms. The lowest BCUT2D eigenvalue weighted by Gasteiger charge is -1.76. The number of hydrogen-bond donors (Lipinski definition) is 0. The quantitative estimate of drug-likeness (QED) is 0.479. The van der Waals surface area contributed by atoms with Crippen LogP contribution < -0.4 is 0 Å². The molecule has 0 aliphatic carbocycles. The molecule has 0 atom stereocenters. The summed E-state index contributed by atoms with van der Waals surface area (Å²) >= 11 is 0. The standard InChI is InChI=1S/C7H4FO/c1-6-4-9-5-7(6)2-3-8/h4-5H,1H2. The zero-order chi connectivity index (χ0) is 6.69. The first-order valence-corrected chi connectivity index (χ1v) is 2.34. The largest absolute Gasteiger partial charge is 0.471 e. The Morgan fingerprint density at radius 1 is 1.56 bits per heavy atom. The van der Waals surface area contributed by atoms with Crippen molar-refractivity contribution in [2.24, 2.45) is 0 Å². The third kappa shape index (κ3) is 1.11. The smallest absolute Gasteiger partial charge is 0.111 e. The molecule has 1 aromatic heterocycles. The number of hydrogen-bond acceptors (Lipinski definition) is 1. The van der Waals surface area contributed by atoms with E-state index < -0.39 is 0 Å². The molecule has 1 heterocycles. The second-order valence-corrected chi connectivity index (χ2v) is 1.53. The summed E-state index contributed by atoms with van der Waals surface area (Å²) in [6.07, 6.45) is 4.03. The SMILES string of the molecule is [CH2]c1cocc1C#CF. The highest BCUT2D eigenvalue weighted by molar-refractivity contribution is 5.38. The molecule has 0 saturated heterocycles. The Hall–Kier alpha value is -1.23. The Bertz CT molecular complexity index is 251. The van der Waals surface area contributed by atoms with Gasteiger partial charge in [-0.15, -0.1) is 4.39 Å². The van der Waals surface area contributed by atoms with Crippen LogP contribution in [0.3, 0.4) is 0 Å². The number of halogens is 1. The van der Waals surface area contributed by atoms with E-state index in [1.807, 2.05) is 0 Å². The second kappa shape index (κ2) is 2.36.